The Morgan fingerprint density at radius 1 is 1.15 bits per heavy atom. The fourth-order valence-corrected chi connectivity index (χ4v) is 3.94. The van der Waals surface area contributed by atoms with Crippen LogP contribution in [0.15, 0.2) is 24.3 Å². The first-order chi connectivity index (χ1) is 12.9. The summed E-state index contributed by atoms with van der Waals surface area (Å²) in [6.45, 7) is 12.8. The highest BCUT2D eigenvalue weighted by Gasteiger charge is 2.33. The molecule has 0 bridgehead atoms. The quantitative estimate of drug-likeness (QED) is 0.554. The van der Waals surface area contributed by atoms with Gasteiger partial charge in [-0.2, -0.15) is 0 Å². The summed E-state index contributed by atoms with van der Waals surface area (Å²) in [6.07, 6.45) is 0. The van der Waals surface area contributed by atoms with Crippen LogP contribution < -0.4 is 20.0 Å². The lowest BCUT2D eigenvalue weighted by atomic mass is 10.0. The summed E-state index contributed by atoms with van der Waals surface area (Å²) in [5, 5.41) is 3.14. The van der Waals surface area contributed by atoms with Crippen LogP contribution in [-0.2, 0) is 9.53 Å². The Morgan fingerprint density at radius 2 is 1.78 bits per heavy atom. The third-order valence-corrected chi connectivity index (χ3v) is 5.85. The number of nitrogens with one attached hydrogen (secondary N) is 3. The van der Waals surface area contributed by atoms with Crippen molar-refractivity contribution in [3.8, 4) is 0 Å². The molecule has 0 radical (unpaired) electrons. The van der Waals surface area contributed by atoms with Gasteiger partial charge in [0.05, 0.1) is 45.9 Å². The third kappa shape index (κ3) is 5.64. The number of hydrogen-bond acceptors (Lipinski definition) is 3. The van der Waals surface area contributed by atoms with E-state index in [2.05, 4.69) is 24.1 Å². The number of anilines is 1. The Hall–Kier alpha value is -1.70. The van der Waals surface area contributed by atoms with Crippen molar-refractivity contribution in [3.63, 3.8) is 0 Å². The Morgan fingerprint density at radius 3 is 2.41 bits per heavy atom. The Bertz CT molecular complexity index is 609. The lowest BCUT2D eigenvalue weighted by Gasteiger charge is -2.38. The predicted molar refractivity (Wildman–Crippen MR) is 103 cm³/mol. The predicted octanol–water partition coefficient (Wildman–Crippen LogP) is -1.66. The summed E-state index contributed by atoms with van der Waals surface area (Å²) in [5.41, 5.74) is 1.07. The van der Waals surface area contributed by atoms with Gasteiger partial charge in [-0.05, 0) is 38.1 Å². The van der Waals surface area contributed by atoms with Crippen molar-refractivity contribution < 1.29 is 23.7 Å². The molecular weight excluding hydrogens is 347 g/mol. The zero-order valence-electron chi connectivity index (χ0n) is 16.5. The maximum atomic E-state index is 13.1. The number of halogens is 1. The fourth-order valence-electron chi connectivity index (χ4n) is 3.94. The van der Waals surface area contributed by atoms with Gasteiger partial charge in [0.15, 0.2) is 6.54 Å². The van der Waals surface area contributed by atoms with Gasteiger partial charge >= 0.3 is 0 Å². The first kappa shape index (κ1) is 20.0. The molecule has 0 aromatic heterocycles. The standard InChI is InChI=1S/C20H31FN4O2/c1-20(2,25-11-13-27-14-12-25)16-22-19(26)15-23-7-9-24(10-8-23)18-5-3-17(21)4-6-18/h3-6H,7-16H2,1-2H3,(H,22,26)/p+2. The number of amides is 1. The van der Waals surface area contributed by atoms with Crippen LogP contribution in [0.5, 0.6) is 0 Å². The van der Waals surface area contributed by atoms with E-state index < -0.39 is 0 Å². The van der Waals surface area contributed by atoms with Crippen LogP contribution in [0.3, 0.4) is 0 Å². The molecule has 6 nitrogen and oxygen atoms in total. The SMILES string of the molecule is CC(C)(CNC(=O)C[NH+]1CCN(c2ccc(F)cc2)CC1)[NH+]1CCOCC1. The van der Waals surface area contributed by atoms with E-state index in [1.54, 1.807) is 0 Å². The molecule has 3 rings (SSSR count). The van der Waals surface area contributed by atoms with Crippen LogP contribution in [0.25, 0.3) is 0 Å². The molecule has 0 spiro atoms. The zero-order valence-corrected chi connectivity index (χ0v) is 16.5. The lowest BCUT2D eigenvalue weighted by Crippen LogP contribution is -3.22. The first-order valence-corrected chi connectivity index (χ1v) is 9.98. The molecule has 0 aliphatic carbocycles. The minimum atomic E-state index is -0.207. The van der Waals surface area contributed by atoms with Crippen molar-refractivity contribution >= 4 is 11.6 Å². The number of morpholine rings is 1. The molecule has 0 unspecified atom stereocenters. The second-order valence-electron chi connectivity index (χ2n) is 8.27. The summed E-state index contributed by atoms with van der Waals surface area (Å²) in [4.78, 5) is 17.5. The van der Waals surface area contributed by atoms with Gasteiger partial charge in [-0.25, -0.2) is 4.39 Å². The number of carbonyl (C=O) groups excluding carboxylic acids is 1. The highest BCUT2D eigenvalue weighted by atomic mass is 19.1. The maximum absolute atomic E-state index is 13.1. The monoisotopic (exact) mass is 380 g/mol. The molecule has 2 aliphatic rings. The van der Waals surface area contributed by atoms with Gasteiger partial charge < -0.3 is 24.8 Å². The van der Waals surface area contributed by atoms with Crippen LogP contribution >= 0.6 is 0 Å². The van der Waals surface area contributed by atoms with E-state index in [1.165, 1.54) is 21.9 Å². The molecule has 1 aromatic rings. The number of benzene rings is 1. The van der Waals surface area contributed by atoms with Gasteiger partial charge in [0, 0.05) is 5.69 Å². The molecule has 1 aromatic carbocycles. The van der Waals surface area contributed by atoms with Gasteiger partial charge in [-0.3, -0.25) is 4.79 Å². The number of hydrogen-bond donors (Lipinski definition) is 3. The van der Waals surface area contributed by atoms with Crippen molar-refractivity contribution in [2.75, 3.05) is 70.5 Å². The van der Waals surface area contributed by atoms with Gasteiger partial charge in [0.2, 0.25) is 0 Å². The summed E-state index contributed by atoms with van der Waals surface area (Å²) >= 11 is 0. The number of quaternary nitrogens is 2. The van der Waals surface area contributed by atoms with E-state index in [0.717, 1.165) is 58.2 Å². The van der Waals surface area contributed by atoms with Crippen LogP contribution in [0.2, 0.25) is 0 Å². The highest BCUT2D eigenvalue weighted by Crippen LogP contribution is 2.14. The van der Waals surface area contributed by atoms with Crippen LogP contribution in [0.4, 0.5) is 10.1 Å². The van der Waals surface area contributed by atoms with Gasteiger partial charge in [0.25, 0.3) is 5.91 Å². The number of carbonyl (C=O) groups is 1. The van der Waals surface area contributed by atoms with Crippen molar-refractivity contribution in [2.24, 2.45) is 0 Å². The highest BCUT2D eigenvalue weighted by molar-refractivity contribution is 5.76. The minimum Gasteiger partial charge on any atom is -0.370 e. The molecule has 2 fully saturated rings. The van der Waals surface area contributed by atoms with E-state index in [4.69, 9.17) is 4.74 Å². The third-order valence-electron chi connectivity index (χ3n) is 5.85. The summed E-state index contributed by atoms with van der Waals surface area (Å²) < 4.78 is 18.5. The molecule has 150 valence electrons. The largest absolute Gasteiger partial charge is 0.370 e. The average molecular weight is 381 g/mol. The van der Waals surface area contributed by atoms with E-state index in [-0.39, 0.29) is 17.3 Å². The molecule has 3 N–H and O–H groups in total. The van der Waals surface area contributed by atoms with Gasteiger partial charge in [-0.1, -0.05) is 0 Å². The van der Waals surface area contributed by atoms with E-state index >= 15 is 0 Å². The molecule has 1 amide bonds. The lowest BCUT2D eigenvalue weighted by molar-refractivity contribution is -0.954. The van der Waals surface area contributed by atoms with E-state index in [0.29, 0.717) is 13.1 Å². The smallest absolute Gasteiger partial charge is 0.275 e. The Labute approximate surface area is 161 Å². The molecule has 2 saturated heterocycles. The topological polar surface area (TPSA) is 50.5 Å². The van der Waals surface area contributed by atoms with E-state index in [1.807, 2.05) is 12.1 Å². The first-order valence-electron chi connectivity index (χ1n) is 9.98. The number of rotatable bonds is 6. The Kier molecular flexibility index (Phi) is 6.68. The van der Waals surface area contributed by atoms with Gasteiger partial charge in [0.1, 0.15) is 24.4 Å². The van der Waals surface area contributed by atoms with E-state index in [9.17, 15) is 9.18 Å². The Balaban J connectivity index is 1.39. The second kappa shape index (κ2) is 8.99. The fraction of sp³-hybridized carbons (Fsp3) is 0.650. The molecule has 2 aliphatic heterocycles. The molecule has 0 saturated carbocycles. The zero-order chi connectivity index (χ0) is 19.3. The van der Waals surface area contributed by atoms with Crippen LogP contribution in [-0.4, -0.2) is 77.0 Å². The van der Waals surface area contributed by atoms with Crippen molar-refractivity contribution in [2.45, 2.75) is 19.4 Å². The van der Waals surface area contributed by atoms with Crippen LogP contribution in [0, 0.1) is 5.82 Å². The van der Waals surface area contributed by atoms with Crippen molar-refractivity contribution in [3.05, 3.63) is 30.1 Å². The second-order valence-corrected chi connectivity index (χ2v) is 8.27. The minimum absolute atomic E-state index is 0.0239. The number of ether oxygens (including phenoxy) is 1. The maximum Gasteiger partial charge on any atom is 0.275 e. The molecule has 27 heavy (non-hydrogen) atoms. The summed E-state index contributed by atoms with van der Waals surface area (Å²) in [7, 11) is 0. The van der Waals surface area contributed by atoms with Crippen LogP contribution in [0.1, 0.15) is 13.8 Å². The molecule has 0 atom stereocenters. The number of piperazine rings is 1. The summed E-state index contributed by atoms with van der Waals surface area (Å²) in [6, 6.07) is 6.65. The van der Waals surface area contributed by atoms with Crippen molar-refractivity contribution in [1.82, 2.24) is 5.32 Å². The van der Waals surface area contributed by atoms with Crippen molar-refractivity contribution in [1.29, 1.82) is 0 Å². The van der Waals surface area contributed by atoms with Gasteiger partial charge in [-0.15, -0.1) is 0 Å². The normalized spacial score (nSPS) is 19.9. The molecule has 7 heteroatoms. The summed E-state index contributed by atoms with van der Waals surface area (Å²) in [5.74, 6) is -0.0810. The molecular formula is C20H33FN4O2+2. The number of nitrogens with zero attached hydrogens (tertiary/aromatic N) is 1. The average Bonchev–Trinajstić information content (AvgIpc) is 2.68. The molecule has 2 heterocycles.